The lowest BCUT2D eigenvalue weighted by molar-refractivity contribution is -0.116. The first-order valence-corrected chi connectivity index (χ1v) is 12.1. The molecule has 1 aliphatic rings. The first-order chi connectivity index (χ1) is 14.8. The van der Waals surface area contributed by atoms with E-state index in [9.17, 15) is 13.2 Å². The molecule has 1 aliphatic heterocycles. The molecule has 0 bridgehead atoms. The van der Waals surface area contributed by atoms with E-state index in [4.69, 9.17) is 16.1 Å². The van der Waals surface area contributed by atoms with Gasteiger partial charge in [0.15, 0.2) is 9.84 Å². The number of benzene rings is 1. The quantitative estimate of drug-likeness (QED) is 0.571. The number of rotatable bonds is 7. The fraction of sp³-hybridized carbons (Fsp3) is 0.400. The first-order valence-electron chi connectivity index (χ1n) is 9.94. The smallest absolute Gasteiger partial charge is 0.226 e. The molecule has 1 aromatic carbocycles. The maximum Gasteiger partial charge on any atom is 0.226 e. The number of nitrogens with zero attached hydrogens (tertiary/aromatic N) is 4. The van der Waals surface area contributed by atoms with Crippen molar-refractivity contribution < 1.29 is 17.7 Å². The third-order valence-electron chi connectivity index (χ3n) is 5.04. The number of sulfone groups is 1. The second kappa shape index (κ2) is 8.80. The molecule has 9 nitrogen and oxygen atoms in total. The average Bonchev–Trinajstić information content (AvgIpc) is 3.41. The van der Waals surface area contributed by atoms with Gasteiger partial charge in [0.1, 0.15) is 5.82 Å². The number of halogens is 1. The minimum atomic E-state index is -3.05. The normalized spacial score (nSPS) is 17.7. The third kappa shape index (κ3) is 5.31. The molecule has 0 spiro atoms. The number of aromatic nitrogens is 4. The Morgan fingerprint density at radius 1 is 1.32 bits per heavy atom. The Morgan fingerprint density at radius 3 is 2.81 bits per heavy atom. The molecule has 2 aromatic heterocycles. The van der Waals surface area contributed by atoms with Crippen LogP contribution in [0.3, 0.4) is 0 Å². The standard InChI is InChI=1S/C20H22ClN5O4S/c1-13-11-17(26(24-13)16-9-10-31(28,29)12-16)22-18(27)3-2-4-19-23-20(25-30-19)14-5-7-15(21)8-6-14/h5-8,11,16H,2-4,9-10,12H2,1H3,(H,22,27). The van der Waals surface area contributed by atoms with E-state index in [0.29, 0.717) is 41.8 Å². The predicted octanol–water partition coefficient (Wildman–Crippen LogP) is 3.22. The van der Waals surface area contributed by atoms with Crippen molar-refractivity contribution in [2.24, 2.45) is 0 Å². The summed E-state index contributed by atoms with van der Waals surface area (Å²) in [5.74, 6) is 1.46. The van der Waals surface area contributed by atoms with E-state index in [0.717, 1.165) is 11.3 Å². The number of anilines is 1. The maximum atomic E-state index is 12.4. The molecule has 164 valence electrons. The zero-order chi connectivity index (χ0) is 22.0. The van der Waals surface area contributed by atoms with E-state index < -0.39 is 9.84 Å². The minimum Gasteiger partial charge on any atom is -0.339 e. The molecule has 0 saturated carbocycles. The van der Waals surface area contributed by atoms with Crippen molar-refractivity contribution in [3.8, 4) is 11.4 Å². The Labute approximate surface area is 184 Å². The lowest BCUT2D eigenvalue weighted by Crippen LogP contribution is -2.19. The topological polar surface area (TPSA) is 120 Å². The second-order valence-electron chi connectivity index (χ2n) is 7.59. The van der Waals surface area contributed by atoms with Crippen LogP contribution >= 0.6 is 11.6 Å². The highest BCUT2D eigenvalue weighted by molar-refractivity contribution is 7.91. The molecular weight excluding hydrogens is 442 g/mol. The van der Waals surface area contributed by atoms with Gasteiger partial charge in [-0.15, -0.1) is 0 Å². The van der Waals surface area contributed by atoms with Crippen LogP contribution in [0.5, 0.6) is 0 Å². The van der Waals surface area contributed by atoms with Gasteiger partial charge in [0, 0.05) is 29.5 Å². The Hall–Kier alpha value is -2.72. The van der Waals surface area contributed by atoms with Gasteiger partial charge in [-0.25, -0.2) is 13.1 Å². The number of carbonyl (C=O) groups is 1. The zero-order valence-corrected chi connectivity index (χ0v) is 18.5. The van der Waals surface area contributed by atoms with Crippen molar-refractivity contribution in [1.29, 1.82) is 0 Å². The Balaban J connectivity index is 1.31. The molecule has 31 heavy (non-hydrogen) atoms. The minimum absolute atomic E-state index is 0.0457. The molecule has 4 rings (SSSR count). The van der Waals surface area contributed by atoms with Gasteiger partial charge < -0.3 is 9.84 Å². The van der Waals surface area contributed by atoms with Crippen LogP contribution in [0.25, 0.3) is 11.4 Å². The van der Waals surface area contributed by atoms with Gasteiger partial charge in [0.05, 0.1) is 23.2 Å². The summed E-state index contributed by atoms with van der Waals surface area (Å²) in [4.78, 5) is 16.8. The second-order valence-corrected chi connectivity index (χ2v) is 10.3. The van der Waals surface area contributed by atoms with Crippen LogP contribution in [-0.2, 0) is 21.1 Å². The Kier molecular flexibility index (Phi) is 6.10. The molecule has 3 aromatic rings. The van der Waals surface area contributed by atoms with Gasteiger partial charge in [0.25, 0.3) is 0 Å². The van der Waals surface area contributed by atoms with Crippen LogP contribution in [0, 0.1) is 6.92 Å². The molecule has 11 heteroatoms. The molecule has 1 N–H and O–H groups in total. The van der Waals surface area contributed by atoms with Gasteiger partial charge >= 0.3 is 0 Å². The van der Waals surface area contributed by atoms with E-state index in [2.05, 4.69) is 20.6 Å². The van der Waals surface area contributed by atoms with Crippen molar-refractivity contribution in [3.63, 3.8) is 0 Å². The van der Waals surface area contributed by atoms with Crippen molar-refractivity contribution in [1.82, 2.24) is 19.9 Å². The van der Waals surface area contributed by atoms with E-state index in [1.165, 1.54) is 0 Å². The summed E-state index contributed by atoms with van der Waals surface area (Å²) in [6, 6.07) is 8.63. The van der Waals surface area contributed by atoms with Gasteiger partial charge in [-0.3, -0.25) is 4.79 Å². The Morgan fingerprint density at radius 2 is 2.10 bits per heavy atom. The molecule has 3 heterocycles. The number of carbonyl (C=O) groups excluding carboxylic acids is 1. The maximum absolute atomic E-state index is 12.4. The molecule has 1 unspecified atom stereocenters. The van der Waals surface area contributed by atoms with Gasteiger partial charge in [-0.05, 0) is 44.0 Å². The lowest BCUT2D eigenvalue weighted by atomic mass is 10.2. The molecule has 1 amide bonds. The molecule has 1 atom stereocenters. The van der Waals surface area contributed by atoms with Crippen LogP contribution in [0.1, 0.15) is 36.9 Å². The molecule has 0 aliphatic carbocycles. The average molecular weight is 464 g/mol. The summed E-state index contributed by atoms with van der Waals surface area (Å²) >= 11 is 5.89. The SMILES string of the molecule is Cc1cc(NC(=O)CCCc2nc(-c3ccc(Cl)cc3)no2)n(C2CCS(=O)(=O)C2)n1. The number of hydrogen-bond acceptors (Lipinski definition) is 7. The van der Waals surface area contributed by atoms with Crippen molar-refractivity contribution in [2.45, 2.75) is 38.6 Å². The molecular formula is C20H22ClN5O4S. The number of amides is 1. The van der Waals surface area contributed by atoms with E-state index in [1.54, 1.807) is 22.9 Å². The first kappa shape index (κ1) is 21.5. The van der Waals surface area contributed by atoms with Gasteiger partial charge in [-0.1, -0.05) is 16.8 Å². The number of aryl methyl sites for hydroxylation is 2. The number of hydrogen-bond donors (Lipinski definition) is 1. The van der Waals surface area contributed by atoms with Crippen LogP contribution in [0.2, 0.25) is 5.02 Å². The zero-order valence-electron chi connectivity index (χ0n) is 16.9. The van der Waals surface area contributed by atoms with Crippen LogP contribution in [0.4, 0.5) is 5.82 Å². The highest BCUT2D eigenvalue weighted by Gasteiger charge is 2.31. The fourth-order valence-electron chi connectivity index (χ4n) is 3.53. The Bertz CT molecular complexity index is 1190. The summed E-state index contributed by atoms with van der Waals surface area (Å²) in [7, 11) is -3.05. The molecule has 1 fully saturated rings. The molecule has 1 saturated heterocycles. The largest absolute Gasteiger partial charge is 0.339 e. The highest BCUT2D eigenvalue weighted by Crippen LogP contribution is 2.27. The third-order valence-corrected chi connectivity index (χ3v) is 7.05. The summed E-state index contributed by atoms with van der Waals surface area (Å²) in [6.07, 6.45) is 1.75. The highest BCUT2D eigenvalue weighted by atomic mass is 35.5. The summed E-state index contributed by atoms with van der Waals surface area (Å²) in [6.45, 7) is 1.81. The van der Waals surface area contributed by atoms with Crippen molar-refractivity contribution >= 4 is 33.2 Å². The van der Waals surface area contributed by atoms with Crippen molar-refractivity contribution in [3.05, 3.63) is 46.9 Å². The number of nitrogens with one attached hydrogen (secondary N) is 1. The van der Waals surface area contributed by atoms with Crippen LogP contribution < -0.4 is 5.32 Å². The van der Waals surface area contributed by atoms with Gasteiger partial charge in [0.2, 0.25) is 17.6 Å². The lowest BCUT2D eigenvalue weighted by Gasteiger charge is -2.13. The summed E-state index contributed by atoms with van der Waals surface area (Å²) in [5, 5.41) is 11.8. The van der Waals surface area contributed by atoms with Gasteiger partial charge in [-0.2, -0.15) is 10.1 Å². The summed E-state index contributed by atoms with van der Waals surface area (Å²) < 4.78 is 30.4. The van der Waals surface area contributed by atoms with Crippen LogP contribution in [-0.4, -0.2) is 45.8 Å². The monoisotopic (exact) mass is 463 g/mol. The van der Waals surface area contributed by atoms with E-state index in [-0.39, 0.29) is 29.9 Å². The van der Waals surface area contributed by atoms with E-state index >= 15 is 0 Å². The van der Waals surface area contributed by atoms with Crippen LogP contribution in [0.15, 0.2) is 34.9 Å². The fourth-order valence-corrected chi connectivity index (χ4v) is 5.35. The van der Waals surface area contributed by atoms with E-state index in [1.807, 2.05) is 19.1 Å². The van der Waals surface area contributed by atoms with Crippen molar-refractivity contribution in [2.75, 3.05) is 16.8 Å². The summed E-state index contributed by atoms with van der Waals surface area (Å²) in [5.41, 5.74) is 1.52. The molecule has 0 radical (unpaired) electrons. The predicted molar refractivity (Wildman–Crippen MR) is 116 cm³/mol.